The van der Waals surface area contributed by atoms with Crippen molar-refractivity contribution < 1.29 is 13.2 Å². The summed E-state index contributed by atoms with van der Waals surface area (Å²) in [6, 6.07) is 3.53. The number of carbonyl (C=O) groups excluding carboxylic acids is 1. The monoisotopic (exact) mass is 409 g/mol. The number of nitrogens with zero attached hydrogens (tertiary/aromatic N) is 1. The Morgan fingerprint density at radius 3 is 2.80 bits per heavy atom. The molecular formula is C16H28ClN3O3S2. The predicted octanol–water partition coefficient (Wildman–Crippen LogP) is 1.86. The van der Waals surface area contributed by atoms with Gasteiger partial charge in [0.25, 0.3) is 10.0 Å². The van der Waals surface area contributed by atoms with E-state index in [1.54, 1.807) is 10.4 Å². The van der Waals surface area contributed by atoms with Gasteiger partial charge in [-0.05, 0) is 37.4 Å². The predicted molar refractivity (Wildman–Crippen MR) is 104 cm³/mol. The number of sulfonamides is 1. The third-order valence-electron chi connectivity index (χ3n) is 3.82. The van der Waals surface area contributed by atoms with Gasteiger partial charge in [-0.15, -0.1) is 23.7 Å². The Kier molecular flexibility index (Phi) is 9.37. The number of carbonyl (C=O) groups is 1. The molecule has 1 amide bonds. The zero-order valence-corrected chi connectivity index (χ0v) is 17.2. The van der Waals surface area contributed by atoms with Gasteiger partial charge >= 0.3 is 0 Å². The van der Waals surface area contributed by atoms with Crippen molar-refractivity contribution >= 4 is 39.7 Å². The van der Waals surface area contributed by atoms with Crippen LogP contribution in [-0.4, -0.2) is 51.4 Å². The molecule has 0 bridgehead atoms. The second kappa shape index (κ2) is 10.5. The molecule has 1 aliphatic heterocycles. The fourth-order valence-electron chi connectivity index (χ4n) is 2.59. The molecule has 1 aromatic heterocycles. The second-order valence-electron chi connectivity index (χ2n) is 6.43. The SMILES string of the molecule is CC(C)CC(=O)NCCc1ccc(S(=O)(=O)N2CCCNCC2)s1.Cl. The maximum atomic E-state index is 12.7. The van der Waals surface area contributed by atoms with Gasteiger partial charge in [-0.25, -0.2) is 8.42 Å². The van der Waals surface area contributed by atoms with Crippen molar-refractivity contribution in [3.63, 3.8) is 0 Å². The van der Waals surface area contributed by atoms with Gasteiger partial charge in [0.1, 0.15) is 4.21 Å². The highest BCUT2D eigenvalue weighted by molar-refractivity contribution is 7.91. The average molecular weight is 410 g/mol. The fourth-order valence-corrected chi connectivity index (χ4v) is 5.58. The summed E-state index contributed by atoms with van der Waals surface area (Å²) in [5.74, 6) is 0.387. The normalized spacial score (nSPS) is 16.3. The summed E-state index contributed by atoms with van der Waals surface area (Å²) in [4.78, 5) is 12.6. The Morgan fingerprint density at radius 1 is 1.32 bits per heavy atom. The zero-order valence-electron chi connectivity index (χ0n) is 14.8. The molecule has 0 spiro atoms. The van der Waals surface area contributed by atoms with Gasteiger partial charge in [-0.1, -0.05) is 13.8 Å². The molecular weight excluding hydrogens is 382 g/mol. The highest BCUT2D eigenvalue weighted by Gasteiger charge is 2.26. The summed E-state index contributed by atoms with van der Waals surface area (Å²) < 4.78 is 27.3. The number of hydrogen-bond donors (Lipinski definition) is 2. The van der Waals surface area contributed by atoms with Crippen LogP contribution in [0.15, 0.2) is 16.3 Å². The number of amides is 1. The minimum Gasteiger partial charge on any atom is -0.356 e. The first-order valence-corrected chi connectivity index (χ1v) is 10.7. The van der Waals surface area contributed by atoms with Crippen LogP contribution in [0.3, 0.4) is 0 Å². The molecule has 9 heteroatoms. The third kappa shape index (κ3) is 6.86. The van der Waals surface area contributed by atoms with Gasteiger partial charge in [0.05, 0.1) is 0 Å². The van der Waals surface area contributed by atoms with Gasteiger partial charge in [-0.3, -0.25) is 4.79 Å². The molecule has 25 heavy (non-hydrogen) atoms. The lowest BCUT2D eigenvalue weighted by atomic mass is 10.1. The van der Waals surface area contributed by atoms with Gasteiger partial charge in [-0.2, -0.15) is 4.31 Å². The number of halogens is 1. The van der Waals surface area contributed by atoms with E-state index in [2.05, 4.69) is 10.6 Å². The molecule has 1 saturated heterocycles. The molecule has 0 unspecified atom stereocenters. The lowest BCUT2D eigenvalue weighted by molar-refractivity contribution is -0.121. The van der Waals surface area contributed by atoms with E-state index in [0.717, 1.165) is 17.8 Å². The summed E-state index contributed by atoms with van der Waals surface area (Å²) >= 11 is 1.30. The van der Waals surface area contributed by atoms with Crippen LogP contribution in [-0.2, 0) is 21.2 Å². The minimum atomic E-state index is -3.40. The van der Waals surface area contributed by atoms with E-state index in [-0.39, 0.29) is 18.3 Å². The molecule has 0 atom stereocenters. The summed E-state index contributed by atoms with van der Waals surface area (Å²) in [7, 11) is -3.40. The van der Waals surface area contributed by atoms with Crippen LogP contribution in [0.1, 0.15) is 31.6 Å². The van der Waals surface area contributed by atoms with Crippen molar-refractivity contribution in [3.05, 3.63) is 17.0 Å². The minimum absolute atomic E-state index is 0. The summed E-state index contributed by atoms with van der Waals surface area (Å²) in [6.45, 7) is 7.19. The standard InChI is InChI=1S/C16H27N3O3S2.ClH/c1-13(2)12-15(20)18-8-6-14-4-5-16(23-14)24(21,22)19-10-3-7-17-9-11-19;/h4-5,13,17H,3,6-12H2,1-2H3,(H,18,20);1H. The van der Waals surface area contributed by atoms with E-state index in [1.807, 2.05) is 19.9 Å². The highest BCUT2D eigenvalue weighted by Crippen LogP contribution is 2.25. The largest absolute Gasteiger partial charge is 0.356 e. The highest BCUT2D eigenvalue weighted by atomic mass is 35.5. The van der Waals surface area contributed by atoms with E-state index in [9.17, 15) is 13.2 Å². The lowest BCUT2D eigenvalue weighted by Gasteiger charge is -2.18. The maximum absolute atomic E-state index is 12.7. The molecule has 0 saturated carbocycles. The molecule has 144 valence electrons. The first kappa shape index (κ1) is 22.4. The number of rotatable bonds is 7. The maximum Gasteiger partial charge on any atom is 0.252 e. The third-order valence-corrected chi connectivity index (χ3v) is 7.33. The van der Waals surface area contributed by atoms with Crippen molar-refractivity contribution in [1.82, 2.24) is 14.9 Å². The van der Waals surface area contributed by atoms with E-state index < -0.39 is 10.0 Å². The zero-order chi connectivity index (χ0) is 17.6. The summed E-state index contributed by atoms with van der Waals surface area (Å²) in [6.07, 6.45) is 2.01. The molecule has 2 heterocycles. The van der Waals surface area contributed by atoms with Crippen molar-refractivity contribution in [1.29, 1.82) is 0 Å². The first-order valence-electron chi connectivity index (χ1n) is 8.46. The smallest absolute Gasteiger partial charge is 0.252 e. The van der Waals surface area contributed by atoms with Crippen molar-refractivity contribution in [3.8, 4) is 0 Å². The van der Waals surface area contributed by atoms with Crippen LogP contribution < -0.4 is 10.6 Å². The molecule has 1 aliphatic rings. The van der Waals surface area contributed by atoms with Crippen molar-refractivity contribution in [2.45, 2.75) is 37.3 Å². The first-order chi connectivity index (χ1) is 11.4. The molecule has 2 N–H and O–H groups in total. The van der Waals surface area contributed by atoms with Crippen LogP contribution in [0, 0.1) is 5.92 Å². The van der Waals surface area contributed by atoms with E-state index in [1.165, 1.54) is 11.3 Å². The number of thiophene rings is 1. The summed E-state index contributed by atoms with van der Waals surface area (Å²) in [5.41, 5.74) is 0. The average Bonchev–Trinajstić information content (AvgIpc) is 2.81. The molecule has 0 aliphatic carbocycles. The van der Waals surface area contributed by atoms with Gasteiger partial charge < -0.3 is 10.6 Å². The van der Waals surface area contributed by atoms with Crippen molar-refractivity contribution in [2.75, 3.05) is 32.7 Å². The second-order valence-corrected chi connectivity index (χ2v) is 9.76. The Hall–Kier alpha value is -0.670. The van der Waals surface area contributed by atoms with Crippen LogP contribution in [0.4, 0.5) is 0 Å². The van der Waals surface area contributed by atoms with Gasteiger partial charge in [0.2, 0.25) is 5.91 Å². The number of hydrogen-bond acceptors (Lipinski definition) is 5. The molecule has 1 aromatic rings. The Labute approximate surface area is 160 Å². The van der Waals surface area contributed by atoms with Crippen molar-refractivity contribution in [2.24, 2.45) is 5.92 Å². The number of nitrogens with one attached hydrogen (secondary N) is 2. The topological polar surface area (TPSA) is 78.5 Å². The van der Waals surface area contributed by atoms with Crippen LogP contribution in [0.25, 0.3) is 0 Å². The summed E-state index contributed by atoms with van der Waals surface area (Å²) in [5, 5.41) is 6.10. The lowest BCUT2D eigenvalue weighted by Crippen LogP contribution is -2.33. The molecule has 1 fully saturated rings. The molecule has 0 aromatic carbocycles. The molecule has 6 nitrogen and oxygen atoms in total. The van der Waals surface area contributed by atoms with Crippen LogP contribution >= 0.6 is 23.7 Å². The Morgan fingerprint density at radius 2 is 2.08 bits per heavy atom. The van der Waals surface area contributed by atoms with Crippen LogP contribution in [0.5, 0.6) is 0 Å². The molecule has 2 rings (SSSR count). The van der Waals surface area contributed by atoms with E-state index in [4.69, 9.17) is 0 Å². The Balaban J connectivity index is 0.00000312. The quantitative estimate of drug-likeness (QED) is 0.720. The Bertz CT molecular complexity index is 639. The van der Waals surface area contributed by atoms with E-state index >= 15 is 0 Å². The van der Waals surface area contributed by atoms with Gasteiger partial charge in [0.15, 0.2) is 0 Å². The van der Waals surface area contributed by atoms with Crippen LogP contribution in [0.2, 0.25) is 0 Å². The fraction of sp³-hybridized carbons (Fsp3) is 0.688. The molecule has 0 radical (unpaired) electrons. The van der Waals surface area contributed by atoms with Gasteiger partial charge in [0, 0.05) is 37.5 Å². The van der Waals surface area contributed by atoms with E-state index in [0.29, 0.717) is 49.1 Å².